The van der Waals surface area contributed by atoms with Gasteiger partial charge in [0.2, 0.25) is 0 Å². The molecule has 6 nitrogen and oxygen atoms in total. The molecule has 2 aromatic heterocycles. The van der Waals surface area contributed by atoms with E-state index in [-0.39, 0.29) is 29.4 Å². The number of nitrogens with zero attached hydrogens (tertiary/aromatic N) is 4. The Hall–Kier alpha value is -3.09. The Morgan fingerprint density at radius 2 is 1.88 bits per heavy atom. The highest BCUT2D eigenvalue weighted by Crippen LogP contribution is 2.22. The van der Waals surface area contributed by atoms with Crippen LogP contribution in [0.5, 0.6) is 0 Å². The molecule has 0 bridgehead atoms. The number of rotatable bonds is 5. The van der Waals surface area contributed by atoms with Crippen LogP contribution in [0.1, 0.15) is 35.9 Å². The van der Waals surface area contributed by atoms with Gasteiger partial charge in [-0.1, -0.05) is 26.0 Å². The van der Waals surface area contributed by atoms with E-state index in [1.54, 1.807) is 47.6 Å². The van der Waals surface area contributed by atoms with Crippen molar-refractivity contribution in [1.82, 2.24) is 25.1 Å². The molecule has 0 spiro atoms. The third kappa shape index (κ3) is 3.88. The fraction of sp³-hybridized carbons (Fsp3) is 0.222. The standard InChI is InChI=1S/C18H18FN5O/c1-12(2)17(13-3-5-14(19)6-4-13)21-18(25)15-7-8-16(23-22-15)24-10-9-20-11-24/h3-12,17H,1-2H3,(H,21,25). The fourth-order valence-corrected chi connectivity index (χ4v) is 2.50. The quantitative estimate of drug-likeness (QED) is 0.776. The number of amides is 1. The second kappa shape index (κ2) is 7.21. The molecule has 2 heterocycles. The minimum Gasteiger partial charge on any atom is -0.344 e. The second-order valence-corrected chi connectivity index (χ2v) is 5.99. The third-order valence-electron chi connectivity index (χ3n) is 3.83. The van der Waals surface area contributed by atoms with Gasteiger partial charge in [0.1, 0.15) is 12.1 Å². The van der Waals surface area contributed by atoms with Crippen molar-refractivity contribution >= 4 is 5.91 Å². The minimum absolute atomic E-state index is 0.132. The monoisotopic (exact) mass is 339 g/mol. The summed E-state index contributed by atoms with van der Waals surface area (Å²) in [6, 6.07) is 9.18. The summed E-state index contributed by atoms with van der Waals surface area (Å²) in [6.07, 6.45) is 4.98. The van der Waals surface area contributed by atoms with Crippen molar-refractivity contribution in [3.05, 3.63) is 72.2 Å². The lowest BCUT2D eigenvalue weighted by atomic mass is 9.96. The van der Waals surface area contributed by atoms with Crippen LogP contribution in [0, 0.1) is 11.7 Å². The van der Waals surface area contributed by atoms with Crippen LogP contribution in [0.25, 0.3) is 5.82 Å². The zero-order chi connectivity index (χ0) is 17.8. The van der Waals surface area contributed by atoms with Crippen LogP contribution >= 0.6 is 0 Å². The number of hydrogen-bond acceptors (Lipinski definition) is 4. The number of aromatic nitrogens is 4. The van der Waals surface area contributed by atoms with Crippen LogP contribution in [0.4, 0.5) is 4.39 Å². The van der Waals surface area contributed by atoms with Crippen molar-refractivity contribution < 1.29 is 9.18 Å². The van der Waals surface area contributed by atoms with Crippen molar-refractivity contribution in [3.8, 4) is 5.82 Å². The van der Waals surface area contributed by atoms with Crippen molar-refractivity contribution in [2.45, 2.75) is 19.9 Å². The molecule has 1 N–H and O–H groups in total. The average Bonchev–Trinajstić information content (AvgIpc) is 3.15. The highest BCUT2D eigenvalue weighted by molar-refractivity contribution is 5.92. The Bertz CT molecular complexity index is 829. The first-order valence-electron chi connectivity index (χ1n) is 7.93. The summed E-state index contributed by atoms with van der Waals surface area (Å²) < 4.78 is 14.8. The van der Waals surface area contributed by atoms with Crippen LogP contribution in [-0.2, 0) is 0 Å². The van der Waals surface area contributed by atoms with E-state index in [4.69, 9.17) is 0 Å². The largest absolute Gasteiger partial charge is 0.344 e. The van der Waals surface area contributed by atoms with E-state index in [9.17, 15) is 9.18 Å². The Balaban J connectivity index is 1.76. The Kier molecular flexibility index (Phi) is 4.83. The van der Waals surface area contributed by atoms with Crippen molar-refractivity contribution in [2.24, 2.45) is 5.92 Å². The van der Waals surface area contributed by atoms with Gasteiger partial charge in [0.15, 0.2) is 11.5 Å². The van der Waals surface area contributed by atoms with E-state index in [0.29, 0.717) is 5.82 Å². The highest BCUT2D eigenvalue weighted by Gasteiger charge is 2.20. The average molecular weight is 339 g/mol. The molecule has 0 radical (unpaired) electrons. The second-order valence-electron chi connectivity index (χ2n) is 5.99. The van der Waals surface area contributed by atoms with Crippen LogP contribution in [0.3, 0.4) is 0 Å². The topological polar surface area (TPSA) is 72.7 Å². The summed E-state index contributed by atoms with van der Waals surface area (Å²) >= 11 is 0. The van der Waals surface area contributed by atoms with Gasteiger partial charge in [0.25, 0.3) is 5.91 Å². The Morgan fingerprint density at radius 1 is 1.12 bits per heavy atom. The maximum atomic E-state index is 13.1. The molecular weight excluding hydrogens is 321 g/mol. The molecule has 0 saturated carbocycles. The SMILES string of the molecule is CC(C)C(NC(=O)c1ccc(-n2ccnc2)nn1)c1ccc(F)cc1. The van der Waals surface area contributed by atoms with Gasteiger partial charge < -0.3 is 5.32 Å². The molecule has 25 heavy (non-hydrogen) atoms. The molecule has 1 atom stereocenters. The van der Waals surface area contributed by atoms with Gasteiger partial charge in [0.05, 0.1) is 6.04 Å². The van der Waals surface area contributed by atoms with E-state index in [0.717, 1.165) is 5.56 Å². The number of benzene rings is 1. The first kappa shape index (κ1) is 16.8. The molecular formula is C18H18FN5O. The smallest absolute Gasteiger partial charge is 0.272 e. The Morgan fingerprint density at radius 3 is 2.44 bits per heavy atom. The molecule has 0 aliphatic heterocycles. The van der Waals surface area contributed by atoms with Crippen molar-refractivity contribution in [3.63, 3.8) is 0 Å². The Labute approximate surface area is 144 Å². The lowest BCUT2D eigenvalue weighted by Crippen LogP contribution is -2.32. The van der Waals surface area contributed by atoms with E-state index in [1.807, 2.05) is 13.8 Å². The normalized spacial score (nSPS) is 12.2. The van der Waals surface area contributed by atoms with Gasteiger partial charge in [-0.25, -0.2) is 9.37 Å². The maximum absolute atomic E-state index is 13.1. The van der Waals surface area contributed by atoms with Crippen molar-refractivity contribution in [2.75, 3.05) is 0 Å². The summed E-state index contributed by atoms with van der Waals surface area (Å²) in [4.78, 5) is 16.4. The number of carbonyl (C=O) groups excluding carboxylic acids is 1. The molecule has 0 aliphatic rings. The molecule has 128 valence electrons. The molecule has 0 fully saturated rings. The first-order chi connectivity index (χ1) is 12.0. The molecule has 1 amide bonds. The first-order valence-corrected chi connectivity index (χ1v) is 7.93. The van der Waals surface area contributed by atoms with Gasteiger partial charge in [-0.05, 0) is 35.7 Å². The summed E-state index contributed by atoms with van der Waals surface area (Å²) in [5.41, 5.74) is 1.06. The van der Waals surface area contributed by atoms with Gasteiger partial charge in [0, 0.05) is 12.4 Å². The zero-order valence-corrected chi connectivity index (χ0v) is 13.9. The van der Waals surface area contributed by atoms with Gasteiger partial charge in [-0.2, -0.15) is 0 Å². The lowest BCUT2D eigenvalue weighted by molar-refractivity contribution is 0.0919. The molecule has 3 rings (SSSR count). The van der Waals surface area contributed by atoms with Gasteiger partial charge in [-0.15, -0.1) is 10.2 Å². The molecule has 1 unspecified atom stereocenters. The number of carbonyl (C=O) groups is 1. The summed E-state index contributed by atoms with van der Waals surface area (Å²) in [6.45, 7) is 3.98. The minimum atomic E-state index is -0.326. The van der Waals surface area contributed by atoms with Crippen LogP contribution in [-0.4, -0.2) is 25.7 Å². The zero-order valence-electron chi connectivity index (χ0n) is 13.9. The van der Waals surface area contributed by atoms with Gasteiger partial charge >= 0.3 is 0 Å². The summed E-state index contributed by atoms with van der Waals surface area (Å²) in [5, 5.41) is 11.0. The van der Waals surface area contributed by atoms with Crippen LogP contribution < -0.4 is 5.32 Å². The molecule has 7 heteroatoms. The predicted molar refractivity (Wildman–Crippen MR) is 90.6 cm³/mol. The fourth-order valence-electron chi connectivity index (χ4n) is 2.50. The van der Waals surface area contributed by atoms with E-state index < -0.39 is 0 Å². The van der Waals surface area contributed by atoms with E-state index in [2.05, 4.69) is 20.5 Å². The molecule has 1 aromatic carbocycles. The van der Waals surface area contributed by atoms with E-state index in [1.165, 1.54) is 12.1 Å². The van der Waals surface area contributed by atoms with Gasteiger partial charge in [-0.3, -0.25) is 9.36 Å². The number of nitrogens with one attached hydrogen (secondary N) is 1. The number of hydrogen-bond donors (Lipinski definition) is 1. The van der Waals surface area contributed by atoms with Crippen molar-refractivity contribution in [1.29, 1.82) is 0 Å². The molecule has 0 aliphatic carbocycles. The van der Waals surface area contributed by atoms with Crippen LogP contribution in [0.15, 0.2) is 55.1 Å². The maximum Gasteiger partial charge on any atom is 0.272 e. The number of imidazole rings is 1. The summed E-state index contributed by atoms with van der Waals surface area (Å²) in [7, 11) is 0. The molecule has 0 saturated heterocycles. The summed E-state index contributed by atoms with van der Waals surface area (Å²) in [5.74, 6) is 0.0758. The highest BCUT2D eigenvalue weighted by atomic mass is 19.1. The predicted octanol–water partition coefficient (Wildman–Crippen LogP) is 2.93. The van der Waals surface area contributed by atoms with Crippen LogP contribution in [0.2, 0.25) is 0 Å². The third-order valence-corrected chi connectivity index (χ3v) is 3.83. The number of halogens is 1. The lowest BCUT2D eigenvalue weighted by Gasteiger charge is -2.22. The van der Waals surface area contributed by atoms with E-state index >= 15 is 0 Å². The molecule has 3 aromatic rings.